The van der Waals surface area contributed by atoms with Crippen LogP contribution in [0.3, 0.4) is 0 Å². The van der Waals surface area contributed by atoms with Gasteiger partial charge in [-0.15, -0.1) is 0 Å². The van der Waals surface area contributed by atoms with Crippen LogP contribution in [-0.2, 0) is 4.79 Å². The van der Waals surface area contributed by atoms with E-state index >= 15 is 0 Å². The number of nitrogens with zero attached hydrogens (tertiary/aromatic N) is 1. The number of rotatable bonds is 2. The molecule has 0 aromatic rings. The summed E-state index contributed by atoms with van der Waals surface area (Å²) in [5.41, 5.74) is 0.427. The lowest BCUT2D eigenvalue weighted by atomic mass is 9.83. The Morgan fingerprint density at radius 3 is 2.38 bits per heavy atom. The quantitative estimate of drug-likeness (QED) is 0.690. The molecule has 76 valence electrons. The number of hydrogen-bond acceptors (Lipinski definition) is 2. The third kappa shape index (κ3) is 2.99. The van der Waals surface area contributed by atoms with Gasteiger partial charge in [-0.1, -0.05) is 13.8 Å². The van der Waals surface area contributed by atoms with Crippen LogP contribution in [0, 0.1) is 5.41 Å². The molecule has 0 aromatic heterocycles. The third-order valence-corrected chi connectivity index (χ3v) is 2.80. The van der Waals surface area contributed by atoms with Gasteiger partial charge in [-0.25, -0.2) is 0 Å². The molecular formula is C10H20N2O. The minimum atomic E-state index is 0.234. The van der Waals surface area contributed by atoms with Crippen LogP contribution in [0.5, 0.6) is 0 Å². The molecule has 0 atom stereocenters. The Morgan fingerprint density at radius 2 is 1.92 bits per heavy atom. The normalized spacial score (nSPS) is 21.6. The van der Waals surface area contributed by atoms with E-state index in [1.807, 2.05) is 11.9 Å². The van der Waals surface area contributed by atoms with Crippen LogP contribution < -0.4 is 5.32 Å². The van der Waals surface area contributed by atoms with Crippen molar-refractivity contribution in [1.29, 1.82) is 0 Å². The van der Waals surface area contributed by atoms with Crippen LogP contribution in [0.25, 0.3) is 0 Å². The Labute approximate surface area is 80.5 Å². The number of likely N-dealkylation sites (tertiary alicyclic amines) is 1. The van der Waals surface area contributed by atoms with Gasteiger partial charge in [0.05, 0.1) is 6.54 Å². The fraction of sp³-hybridized carbons (Fsp3) is 0.900. The first-order chi connectivity index (χ1) is 6.05. The lowest BCUT2D eigenvalue weighted by Gasteiger charge is -2.36. The summed E-state index contributed by atoms with van der Waals surface area (Å²) >= 11 is 0. The van der Waals surface area contributed by atoms with Crippen molar-refractivity contribution in [3.63, 3.8) is 0 Å². The molecule has 1 N–H and O–H groups in total. The summed E-state index contributed by atoms with van der Waals surface area (Å²) in [6.45, 7) is 6.86. The highest BCUT2D eigenvalue weighted by atomic mass is 16.2. The second-order valence-corrected chi connectivity index (χ2v) is 4.58. The van der Waals surface area contributed by atoms with Crippen molar-refractivity contribution in [3.05, 3.63) is 0 Å². The second kappa shape index (κ2) is 4.09. The molecule has 0 bridgehead atoms. The maximum Gasteiger partial charge on any atom is 0.236 e. The topological polar surface area (TPSA) is 32.3 Å². The van der Waals surface area contributed by atoms with Gasteiger partial charge in [-0.2, -0.15) is 0 Å². The first-order valence-corrected chi connectivity index (χ1v) is 4.97. The monoisotopic (exact) mass is 184 g/mol. The molecule has 3 heteroatoms. The van der Waals surface area contributed by atoms with Gasteiger partial charge in [-0.3, -0.25) is 4.79 Å². The molecule has 1 rings (SSSR count). The minimum Gasteiger partial charge on any atom is -0.342 e. The maximum atomic E-state index is 11.5. The molecular weight excluding hydrogens is 164 g/mol. The van der Waals surface area contributed by atoms with Gasteiger partial charge in [-0.05, 0) is 25.3 Å². The Bertz CT molecular complexity index is 179. The van der Waals surface area contributed by atoms with Crippen LogP contribution >= 0.6 is 0 Å². The number of carbonyl (C=O) groups is 1. The molecule has 0 aromatic carbocycles. The standard InChI is InChI=1S/C10H20N2O/c1-10(2)4-6-12(7-5-10)9(13)8-11-3/h11H,4-8H2,1-3H3. The molecule has 1 saturated heterocycles. The van der Waals surface area contributed by atoms with E-state index in [0.717, 1.165) is 25.9 Å². The van der Waals surface area contributed by atoms with E-state index in [0.29, 0.717) is 12.0 Å². The van der Waals surface area contributed by atoms with E-state index in [-0.39, 0.29) is 5.91 Å². The van der Waals surface area contributed by atoms with Crippen LogP contribution in [0.1, 0.15) is 26.7 Å². The lowest BCUT2D eigenvalue weighted by molar-refractivity contribution is -0.132. The molecule has 0 aliphatic carbocycles. The van der Waals surface area contributed by atoms with Crippen molar-refractivity contribution in [2.24, 2.45) is 5.41 Å². The van der Waals surface area contributed by atoms with Crippen molar-refractivity contribution in [2.75, 3.05) is 26.7 Å². The summed E-state index contributed by atoms with van der Waals surface area (Å²) in [6.07, 6.45) is 2.25. The zero-order chi connectivity index (χ0) is 9.90. The number of likely N-dealkylation sites (N-methyl/N-ethyl adjacent to an activating group) is 1. The first kappa shape index (κ1) is 10.5. The molecule has 0 saturated carbocycles. The zero-order valence-corrected chi connectivity index (χ0v) is 8.89. The van der Waals surface area contributed by atoms with E-state index < -0.39 is 0 Å². The van der Waals surface area contributed by atoms with Crippen LogP contribution in [0.4, 0.5) is 0 Å². The van der Waals surface area contributed by atoms with Gasteiger partial charge in [0.25, 0.3) is 0 Å². The van der Waals surface area contributed by atoms with E-state index in [9.17, 15) is 4.79 Å². The highest BCUT2D eigenvalue weighted by molar-refractivity contribution is 5.78. The molecule has 3 nitrogen and oxygen atoms in total. The molecule has 0 radical (unpaired) electrons. The van der Waals surface area contributed by atoms with Crippen LogP contribution in [0.2, 0.25) is 0 Å². The molecule has 1 amide bonds. The summed E-state index contributed by atoms with van der Waals surface area (Å²) in [5, 5.41) is 2.89. The molecule has 1 aliphatic heterocycles. The zero-order valence-electron chi connectivity index (χ0n) is 8.89. The summed E-state index contributed by atoms with van der Waals surface area (Å²) in [6, 6.07) is 0. The molecule has 1 heterocycles. The van der Waals surface area contributed by atoms with Gasteiger partial charge in [0.1, 0.15) is 0 Å². The highest BCUT2D eigenvalue weighted by Gasteiger charge is 2.27. The summed E-state index contributed by atoms with van der Waals surface area (Å²) < 4.78 is 0. The van der Waals surface area contributed by atoms with E-state index in [1.165, 1.54) is 0 Å². The van der Waals surface area contributed by atoms with Crippen molar-refractivity contribution >= 4 is 5.91 Å². The van der Waals surface area contributed by atoms with Crippen molar-refractivity contribution in [3.8, 4) is 0 Å². The average Bonchev–Trinajstić information content (AvgIpc) is 2.04. The predicted octanol–water partition coefficient (Wildman–Crippen LogP) is 0.854. The number of nitrogens with one attached hydrogen (secondary N) is 1. The van der Waals surface area contributed by atoms with Crippen molar-refractivity contribution in [2.45, 2.75) is 26.7 Å². The summed E-state index contributed by atoms with van der Waals surface area (Å²) in [4.78, 5) is 13.4. The SMILES string of the molecule is CNCC(=O)N1CCC(C)(C)CC1. The van der Waals surface area contributed by atoms with Crippen LogP contribution in [-0.4, -0.2) is 37.5 Å². The fourth-order valence-electron chi connectivity index (χ4n) is 1.62. The third-order valence-electron chi connectivity index (χ3n) is 2.80. The smallest absolute Gasteiger partial charge is 0.236 e. The molecule has 13 heavy (non-hydrogen) atoms. The fourth-order valence-corrected chi connectivity index (χ4v) is 1.62. The Kier molecular flexibility index (Phi) is 3.31. The number of piperidine rings is 1. The van der Waals surface area contributed by atoms with Crippen molar-refractivity contribution < 1.29 is 4.79 Å². The molecule has 1 fully saturated rings. The van der Waals surface area contributed by atoms with Gasteiger partial charge < -0.3 is 10.2 Å². The van der Waals surface area contributed by atoms with Gasteiger partial charge >= 0.3 is 0 Å². The van der Waals surface area contributed by atoms with Crippen molar-refractivity contribution in [1.82, 2.24) is 10.2 Å². The van der Waals surface area contributed by atoms with Gasteiger partial charge in [0.15, 0.2) is 0 Å². The molecule has 1 aliphatic rings. The van der Waals surface area contributed by atoms with E-state index in [4.69, 9.17) is 0 Å². The Balaban J connectivity index is 2.36. The minimum absolute atomic E-state index is 0.234. The van der Waals surface area contributed by atoms with E-state index in [1.54, 1.807) is 0 Å². The number of hydrogen-bond donors (Lipinski definition) is 1. The van der Waals surface area contributed by atoms with Crippen LogP contribution in [0.15, 0.2) is 0 Å². The summed E-state index contributed by atoms with van der Waals surface area (Å²) in [7, 11) is 1.81. The summed E-state index contributed by atoms with van der Waals surface area (Å²) in [5.74, 6) is 0.234. The first-order valence-electron chi connectivity index (χ1n) is 4.97. The molecule has 0 unspecified atom stereocenters. The number of amides is 1. The molecule has 0 spiro atoms. The Hall–Kier alpha value is -0.570. The average molecular weight is 184 g/mol. The lowest BCUT2D eigenvalue weighted by Crippen LogP contribution is -2.44. The largest absolute Gasteiger partial charge is 0.342 e. The van der Waals surface area contributed by atoms with Gasteiger partial charge in [0, 0.05) is 13.1 Å². The number of carbonyl (C=O) groups excluding carboxylic acids is 1. The highest BCUT2D eigenvalue weighted by Crippen LogP contribution is 2.29. The van der Waals surface area contributed by atoms with E-state index in [2.05, 4.69) is 19.2 Å². The maximum absolute atomic E-state index is 11.5. The predicted molar refractivity (Wildman–Crippen MR) is 53.5 cm³/mol. The second-order valence-electron chi connectivity index (χ2n) is 4.58. The van der Waals surface area contributed by atoms with Gasteiger partial charge in [0.2, 0.25) is 5.91 Å². The Morgan fingerprint density at radius 1 is 1.38 bits per heavy atom.